The fraction of sp³-hybridized carbons (Fsp3) is 0.500. The summed E-state index contributed by atoms with van der Waals surface area (Å²) in [6, 6.07) is 3.89. The Hall–Kier alpha value is -2.21. The molecule has 0 atom stereocenters. The number of methoxy groups -OCH3 is 2. The van der Waals surface area contributed by atoms with Gasteiger partial charge in [0, 0.05) is 43.9 Å². The maximum atomic E-state index is 5.41. The highest BCUT2D eigenvalue weighted by molar-refractivity contribution is 5.31. The molecule has 24 heavy (non-hydrogen) atoms. The van der Waals surface area contributed by atoms with Crippen LogP contribution in [0.2, 0.25) is 0 Å². The van der Waals surface area contributed by atoms with Gasteiger partial charge in [-0.3, -0.25) is 4.90 Å². The van der Waals surface area contributed by atoms with Crippen molar-refractivity contribution in [3.05, 3.63) is 41.0 Å². The van der Waals surface area contributed by atoms with Gasteiger partial charge in [0.05, 0.1) is 19.9 Å². The number of rotatable bonds is 6. The van der Waals surface area contributed by atoms with Gasteiger partial charge < -0.3 is 9.47 Å². The van der Waals surface area contributed by atoms with Crippen molar-refractivity contribution < 1.29 is 9.47 Å². The van der Waals surface area contributed by atoms with Gasteiger partial charge in [-0.15, -0.1) is 0 Å². The number of hydrogen-bond acceptors (Lipinski definition) is 6. The van der Waals surface area contributed by atoms with Crippen molar-refractivity contribution in [2.24, 2.45) is 0 Å². The molecule has 6 heteroatoms. The van der Waals surface area contributed by atoms with Crippen molar-refractivity contribution in [3.8, 4) is 11.8 Å². The highest BCUT2D eigenvalue weighted by atomic mass is 16.5. The standard InChI is InChI=1S/C18H24N4O2/c1-4-5-16-19-10-13-8-9-22(12-15(13)20-16)11-14-6-7-17(23-2)21-18(14)24-3/h6-7,10H,4-5,8-9,11-12H2,1-3H3. The van der Waals surface area contributed by atoms with Crippen molar-refractivity contribution in [2.45, 2.75) is 39.3 Å². The van der Waals surface area contributed by atoms with Gasteiger partial charge in [0.15, 0.2) is 0 Å². The molecule has 0 aliphatic carbocycles. The molecule has 0 fully saturated rings. The molecule has 0 unspecified atom stereocenters. The normalized spacial score (nSPS) is 14.3. The summed E-state index contributed by atoms with van der Waals surface area (Å²) in [5, 5.41) is 0. The maximum absolute atomic E-state index is 5.41. The molecule has 2 aromatic heterocycles. The van der Waals surface area contributed by atoms with E-state index < -0.39 is 0 Å². The van der Waals surface area contributed by atoms with Crippen molar-refractivity contribution in [1.82, 2.24) is 19.9 Å². The predicted octanol–water partition coefficient (Wildman–Crippen LogP) is 2.40. The lowest BCUT2D eigenvalue weighted by Gasteiger charge is -2.28. The van der Waals surface area contributed by atoms with Gasteiger partial charge in [-0.05, 0) is 24.5 Å². The minimum absolute atomic E-state index is 0.566. The van der Waals surface area contributed by atoms with E-state index in [0.717, 1.165) is 56.0 Å². The van der Waals surface area contributed by atoms with Gasteiger partial charge in [0.25, 0.3) is 0 Å². The summed E-state index contributed by atoms with van der Waals surface area (Å²) in [7, 11) is 3.25. The first-order valence-corrected chi connectivity index (χ1v) is 8.37. The SMILES string of the molecule is CCCc1ncc2c(n1)CN(Cc1ccc(OC)nc1OC)CC2. The smallest absolute Gasteiger partial charge is 0.220 e. The van der Waals surface area contributed by atoms with Gasteiger partial charge in [0.2, 0.25) is 11.8 Å². The van der Waals surface area contributed by atoms with Crippen LogP contribution < -0.4 is 9.47 Å². The van der Waals surface area contributed by atoms with Crippen LogP contribution in [-0.4, -0.2) is 40.6 Å². The van der Waals surface area contributed by atoms with Crippen LogP contribution in [0.25, 0.3) is 0 Å². The number of pyridine rings is 1. The average Bonchev–Trinajstić information content (AvgIpc) is 2.62. The third-order valence-corrected chi connectivity index (χ3v) is 4.26. The van der Waals surface area contributed by atoms with E-state index in [4.69, 9.17) is 14.5 Å². The molecule has 0 radical (unpaired) electrons. The summed E-state index contributed by atoms with van der Waals surface area (Å²) in [5.74, 6) is 2.13. The van der Waals surface area contributed by atoms with Crippen LogP contribution in [0, 0.1) is 0 Å². The molecule has 0 amide bonds. The molecule has 3 heterocycles. The summed E-state index contributed by atoms with van der Waals surface area (Å²) < 4.78 is 10.6. The summed E-state index contributed by atoms with van der Waals surface area (Å²) in [6.45, 7) is 4.76. The van der Waals surface area contributed by atoms with E-state index in [1.807, 2.05) is 18.3 Å². The topological polar surface area (TPSA) is 60.4 Å². The zero-order valence-corrected chi connectivity index (χ0v) is 14.6. The number of aryl methyl sites for hydroxylation is 1. The number of aromatic nitrogens is 3. The number of fused-ring (bicyclic) bond motifs is 1. The Balaban J connectivity index is 1.75. The van der Waals surface area contributed by atoms with Gasteiger partial charge >= 0.3 is 0 Å². The molecule has 0 saturated heterocycles. The van der Waals surface area contributed by atoms with E-state index in [9.17, 15) is 0 Å². The third-order valence-electron chi connectivity index (χ3n) is 4.26. The summed E-state index contributed by atoms with van der Waals surface area (Å²) in [4.78, 5) is 15.9. The molecule has 128 valence electrons. The van der Waals surface area contributed by atoms with E-state index in [1.54, 1.807) is 14.2 Å². The van der Waals surface area contributed by atoms with E-state index in [0.29, 0.717) is 11.8 Å². The fourth-order valence-corrected chi connectivity index (χ4v) is 2.98. The molecule has 0 aromatic carbocycles. The summed E-state index contributed by atoms with van der Waals surface area (Å²) >= 11 is 0. The van der Waals surface area contributed by atoms with Gasteiger partial charge in [-0.1, -0.05) is 6.92 Å². The molecular formula is C18H24N4O2. The molecule has 6 nitrogen and oxygen atoms in total. The van der Waals surface area contributed by atoms with Gasteiger partial charge in [0.1, 0.15) is 5.82 Å². The first kappa shape index (κ1) is 16.6. The molecular weight excluding hydrogens is 304 g/mol. The quantitative estimate of drug-likeness (QED) is 0.811. The molecule has 3 rings (SSSR count). The molecule has 1 aliphatic rings. The minimum Gasteiger partial charge on any atom is -0.481 e. The predicted molar refractivity (Wildman–Crippen MR) is 91.2 cm³/mol. The second kappa shape index (κ2) is 7.57. The van der Waals surface area contributed by atoms with Crippen LogP contribution >= 0.6 is 0 Å². The third kappa shape index (κ3) is 3.64. The molecule has 1 aliphatic heterocycles. The number of ether oxygens (including phenoxy) is 2. The van der Waals surface area contributed by atoms with Gasteiger partial charge in [-0.2, -0.15) is 4.98 Å². The Morgan fingerprint density at radius 3 is 2.79 bits per heavy atom. The zero-order chi connectivity index (χ0) is 16.9. The van der Waals surface area contributed by atoms with E-state index >= 15 is 0 Å². The maximum Gasteiger partial charge on any atom is 0.220 e. The Kier molecular flexibility index (Phi) is 5.25. The van der Waals surface area contributed by atoms with Crippen LogP contribution in [0.15, 0.2) is 18.3 Å². The van der Waals surface area contributed by atoms with Crippen LogP contribution in [0.4, 0.5) is 0 Å². The van der Waals surface area contributed by atoms with Crippen molar-refractivity contribution in [3.63, 3.8) is 0 Å². The fourth-order valence-electron chi connectivity index (χ4n) is 2.98. The lowest BCUT2D eigenvalue weighted by Crippen LogP contribution is -2.31. The Morgan fingerprint density at radius 2 is 2.04 bits per heavy atom. The number of nitrogens with zero attached hydrogens (tertiary/aromatic N) is 4. The highest BCUT2D eigenvalue weighted by Gasteiger charge is 2.20. The zero-order valence-electron chi connectivity index (χ0n) is 14.6. The van der Waals surface area contributed by atoms with Crippen molar-refractivity contribution >= 4 is 0 Å². The molecule has 0 N–H and O–H groups in total. The first-order valence-electron chi connectivity index (χ1n) is 8.37. The van der Waals surface area contributed by atoms with Crippen LogP contribution in [0.5, 0.6) is 11.8 Å². The highest BCUT2D eigenvalue weighted by Crippen LogP contribution is 2.24. The summed E-state index contributed by atoms with van der Waals surface area (Å²) in [5.41, 5.74) is 3.48. The molecule has 0 bridgehead atoms. The molecule has 0 saturated carbocycles. The van der Waals surface area contributed by atoms with Gasteiger partial charge in [-0.25, -0.2) is 9.97 Å². The van der Waals surface area contributed by atoms with E-state index in [-0.39, 0.29) is 0 Å². The Labute approximate surface area is 142 Å². The second-order valence-electron chi connectivity index (χ2n) is 5.99. The lowest BCUT2D eigenvalue weighted by atomic mass is 10.1. The monoisotopic (exact) mass is 328 g/mol. The Morgan fingerprint density at radius 1 is 1.17 bits per heavy atom. The Bertz CT molecular complexity index is 705. The minimum atomic E-state index is 0.566. The van der Waals surface area contributed by atoms with Crippen LogP contribution in [-0.2, 0) is 25.9 Å². The van der Waals surface area contributed by atoms with Crippen LogP contribution in [0.3, 0.4) is 0 Å². The van der Waals surface area contributed by atoms with Crippen molar-refractivity contribution in [1.29, 1.82) is 0 Å². The van der Waals surface area contributed by atoms with E-state index in [2.05, 4.69) is 21.8 Å². The van der Waals surface area contributed by atoms with Crippen LogP contribution in [0.1, 0.15) is 36.0 Å². The molecule has 0 spiro atoms. The van der Waals surface area contributed by atoms with E-state index in [1.165, 1.54) is 5.56 Å². The first-order chi connectivity index (χ1) is 11.7. The average molecular weight is 328 g/mol. The second-order valence-corrected chi connectivity index (χ2v) is 5.99. The van der Waals surface area contributed by atoms with Crippen molar-refractivity contribution in [2.75, 3.05) is 20.8 Å². The molecule has 2 aromatic rings. The summed E-state index contributed by atoms with van der Waals surface area (Å²) in [6.07, 6.45) is 4.98. The lowest BCUT2D eigenvalue weighted by molar-refractivity contribution is 0.235. The largest absolute Gasteiger partial charge is 0.481 e. The number of hydrogen-bond donors (Lipinski definition) is 0.